The molecule has 0 atom stereocenters. The zero-order valence-corrected chi connectivity index (χ0v) is 16.1. The number of hydrogen-bond donors (Lipinski definition) is 1. The zero-order valence-electron chi connectivity index (χ0n) is 14.4. The van der Waals surface area contributed by atoms with Crippen molar-refractivity contribution in [3.63, 3.8) is 0 Å². The van der Waals surface area contributed by atoms with E-state index in [9.17, 15) is 18.0 Å². The van der Waals surface area contributed by atoms with Crippen molar-refractivity contribution in [2.75, 3.05) is 37.8 Å². The van der Waals surface area contributed by atoms with Crippen LogP contribution in [0.1, 0.15) is 0 Å². The standard InChI is InChI=1S/C17H19N3O4S2/c1-19(2)14-7-3-6-13-12(14)5-4-8-15(13)26(23,24)18-9-10-20-16(21)11-25-17(20)22/h3-8,18H,9-11H2,1-2H3. The van der Waals surface area contributed by atoms with Gasteiger partial charge in [-0.3, -0.25) is 14.5 Å². The largest absolute Gasteiger partial charge is 0.377 e. The van der Waals surface area contributed by atoms with Crippen LogP contribution < -0.4 is 9.62 Å². The molecule has 2 amide bonds. The van der Waals surface area contributed by atoms with E-state index in [0.717, 1.165) is 27.7 Å². The third-order valence-electron chi connectivity index (χ3n) is 4.10. The van der Waals surface area contributed by atoms with Crippen LogP contribution in [0.5, 0.6) is 0 Å². The summed E-state index contributed by atoms with van der Waals surface area (Å²) in [5.74, 6) is -0.178. The summed E-state index contributed by atoms with van der Waals surface area (Å²) in [5.41, 5.74) is 0.921. The summed E-state index contributed by atoms with van der Waals surface area (Å²) in [4.78, 5) is 26.3. The lowest BCUT2D eigenvalue weighted by Gasteiger charge is -2.17. The molecule has 1 aliphatic heterocycles. The highest BCUT2D eigenvalue weighted by Gasteiger charge is 2.29. The van der Waals surface area contributed by atoms with E-state index < -0.39 is 10.0 Å². The molecule has 0 aliphatic carbocycles. The Labute approximate surface area is 156 Å². The Morgan fingerprint density at radius 1 is 1.12 bits per heavy atom. The number of thioether (sulfide) groups is 1. The highest BCUT2D eigenvalue weighted by atomic mass is 32.2. The second kappa shape index (κ2) is 7.26. The van der Waals surface area contributed by atoms with Gasteiger partial charge in [0.15, 0.2) is 0 Å². The summed E-state index contributed by atoms with van der Waals surface area (Å²) in [7, 11) is 0.0176. The molecule has 1 saturated heterocycles. The minimum atomic E-state index is -3.78. The summed E-state index contributed by atoms with van der Waals surface area (Å²) in [6, 6.07) is 10.6. The van der Waals surface area contributed by atoms with Crippen molar-refractivity contribution in [2.45, 2.75) is 4.90 Å². The first-order valence-corrected chi connectivity index (χ1v) is 10.4. The Kier molecular flexibility index (Phi) is 5.22. The number of carbonyl (C=O) groups excluding carboxylic acids is 2. The molecule has 7 nitrogen and oxygen atoms in total. The van der Waals surface area contributed by atoms with Crippen LogP contribution in [0, 0.1) is 0 Å². The average Bonchev–Trinajstić information content (AvgIpc) is 2.92. The molecule has 0 spiro atoms. The van der Waals surface area contributed by atoms with Crippen LogP contribution in [0.15, 0.2) is 41.3 Å². The molecule has 1 fully saturated rings. The van der Waals surface area contributed by atoms with Gasteiger partial charge < -0.3 is 4.90 Å². The first kappa shape index (κ1) is 18.7. The molecule has 0 bridgehead atoms. The summed E-state index contributed by atoms with van der Waals surface area (Å²) < 4.78 is 28.0. The van der Waals surface area contributed by atoms with Crippen molar-refractivity contribution in [1.29, 1.82) is 0 Å². The minimum Gasteiger partial charge on any atom is -0.377 e. The summed E-state index contributed by atoms with van der Waals surface area (Å²) in [6.07, 6.45) is 0. The maximum Gasteiger partial charge on any atom is 0.288 e. The van der Waals surface area contributed by atoms with Gasteiger partial charge in [-0.15, -0.1) is 0 Å². The summed E-state index contributed by atoms with van der Waals surface area (Å²) >= 11 is 0.930. The quantitative estimate of drug-likeness (QED) is 0.806. The maximum atomic E-state index is 12.7. The Balaban J connectivity index is 1.84. The van der Waals surface area contributed by atoms with Gasteiger partial charge in [0, 0.05) is 43.6 Å². The molecule has 1 aliphatic rings. The van der Waals surface area contributed by atoms with Crippen molar-refractivity contribution < 1.29 is 18.0 Å². The molecule has 3 rings (SSSR count). The molecular weight excluding hydrogens is 374 g/mol. The maximum absolute atomic E-state index is 12.7. The number of hydrogen-bond acceptors (Lipinski definition) is 6. The number of sulfonamides is 1. The van der Waals surface area contributed by atoms with E-state index >= 15 is 0 Å². The lowest BCUT2D eigenvalue weighted by atomic mass is 10.1. The topological polar surface area (TPSA) is 86.8 Å². The van der Waals surface area contributed by atoms with Gasteiger partial charge in [0.05, 0.1) is 10.6 Å². The molecule has 0 radical (unpaired) electrons. The van der Waals surface area contributed by atoms with Gasteiger partial charge in [-0.25, -0.2) is 13.1 Å². The SMILES string of the molecule is CN(C)c1cccc2c(S(=O)(=O)NCCN3C(=O)CSC3=O)cccc12. The second-order valence-electron chi connectivity index (χ2n) is 6.02. The molecule has 2 aromatic rings. The van der Waals surface area contributed by atoms with E-state index in [0.29, 0.717) is 5.39 Å². The number of nitrogens with zero attached hydrogens (tertiary/aromatic N) is 2. The smallest absolute Gasteiger partial charge is 0.288 e. The van der Waals surface area contributed by atoms with E-state index in [-0.39, 0.29) is 34.9 Å². The first-order chi connectivity index (χ1) is 12.3. The molecule has 0 saturated carbocycles. The van der Waals surface area contributed by atoms with Crippen molar-refractivity contribution >= 4 is 49.4 Å². The molecular formula is C17H19N3O4S2. The fourth-order valence-corrected chi connectivity index (χ4v) is 4.85. The van der Waals surface area contributed by atoms with Crippen LogP contribution in [0.3, 0.4) is 0 Å². The highest BCUT2D eigenvalue weighted by molar-refractivity contribution is 8.14. The Morgan fingerprint density at radius 3 is 2.46 bits per heavy atom. The predicted molar refractivity (Wildman–Crippen MR) is 103 cm³/mol. The van der Waals surface area contributed by atoms with Gasteiger partial charge in [-0.2, -0.15) is 0 Å². The molecule has 2 aromatic carbocycles. The molecule has 26 heavy (non-hydrogen) atoms. The van der Waals surface area contributed by atoms with E-state index in [4.69, 9.17) is 0 Å². The Bertz CT molecular complexity index is 957. The monoisotopic (exact) mass is 393 g/mol. The zero-order chi connectivity index (χ0) is 18.9. The molecule has 0 aromatic heterocycles. The number of imide groups is 1. The number of benzene rings is 2. The summed E-state index contributed by atoms with van der Waals surface area (Å²) in [6.45, 7) is 0.00173. The fraction of sp³-hybridized carbons (Fsp3) is 0.294. The lowest BCUT2D eigenvalue weighted by molar-refractivity contribution is -0.124. The van der Waals surface area contributed by atoms with Gasteiger partial charge in [0.1, 0.15) is 0 Å². The van der Waals surface area contributed by atoms with Crippen LogP contribution in [-0.4, -0.2) is 57.4 Å². The van der Waals surface area contributed by atoms with Crippen molar-refractivity contribution in [2.24, 2.45) is 0 Å². The third kappa shape index (κ3) is 3.55. The van der Waals surface area contributed by atoms with E-state index in [2.05, 4.69) is 4.72 Å². The Hall–Kier alpha value is -2.10. The van der Waals surface area contributed by atoms with Crippen LogP contribution >= 0.6 is 11.8 Å². The average molecular weight is 393 g/mol. The third-order valence-corrected chi connectivity index (χ3v) is 6.48. The van der Waals surface area contributed by atoms with Crippen molar-refractivity contribution in [3.05, 3.63) is 36.4 Å². The molecule has 138 valence electrons. The van der Waals surface area contributed by atoms with Crippen LogP contribution in [0.2, 0.25) is 0 Å². The van der Waals surface area contributed by atoms with E-state index in [1.54, 1.807) is 18.2 Å². The van der Waals surface area contributed by atoms with Gasteiger partial charge in [0.2, 0.25) is 15.9 Å². The van der Waals surface area contributed by atoms with Gasteiger partial charge in [0.25, 0.3) is 5.24 Å². The van der Waals surface area contributed by atoms with Crippen LogP contribution in [0.4, 0.5) is 10.5 Å². The second-order valence-corrected chi connectivity index (χ2v) is 8.68. The van der Waals surface area contributed by atoms with Gasteiger partial charge in [-0.05, 0) is 12.1 Å². The normalized spacial score (nSPS) is 15.1. The molecule has 9 heteroatoms. The van der Waals surface area contributed by atoms with Gasteiger partial charge >= 0.3 is 0 Å². The highest BCUT2D eigenvalue weighted by Crippen LogP contribution is 2.30. The number of anilines is 1. The van der Waals surface area contributed by atoms with Crippen LogP contribution in [-0.2, 0) is 14.8 Å². The van der Waals surface area contributed by atoms with E-state index in [1.165, 1.54) is 0 Å². The number of amides is 2. The minimum absolute atomic E-state index is 0.0237. The van der Waals surface area contributed by atoms with Crippen molar-refractivity contribution in [1.82, 2.24) is 9.62 Å². The van der Waals surface area contributed by atoms with Crippen LogP contribution in [0.25, 0.3) is 10.8 Å². The summed E-state index contributed by atoms with van der Waals surface area (Å²) in [5, 5.41) is 1.12. The number of nitrogens with one attached hydrogen (secondary N) is 1. The number of fused-ring (bicyclic) bond motifs is 1. The van der Waals surface area contributed by atoms with E-state index in [1.807, 2.05) is 37.2 Å². The molecule has 1 N–H and O–H groups in total. The number of carbonyl (C=O) groups is 2. The molecule has 1 heterocycles. The van der Waals surface area contributed by atoms with Crippen molar-refractivity contribution in [3.8, 4) is 0 Å². The first-order valence-electron chi connectivity index (χ1n) is 7.97. The number of rotatable bonds is 6. The predicted octanol–water partition coefficient (Wildman–Crippen LogP) is 1.88. The van der Waals surface area contributed by atoms with Gasteiger partial charge in [-0.1, -0.05) is 36.0 Å². The Morgan fingerprint density at radius 2 is 1.81 bits per heavy atom. The fourth-order valence-electron chi connectivity index (χ4n) is 2.86. The lowest BCUT2D eigenvalue weighted by Crippen LogP contribution is -2.37. The molecule has 0 unspecified atom stereocenters.